The molecule has 10 nitrogen and oxygen atoms in total. The van der Waals surface area contributed by atoms with E-state index >= 15 is 0 Å². The number of carbonyl (C=O) groups is 2. The Hall–Kier alpha value is -4.02. The van der Waals surface area contributed by atoms with Crippen LogP contribution >= 0.6 is 0 Å². The predicted octanol–water partition coefficient (Wildman–Crippen LogP) is 1.78. The van der Waals surface area contributed by atoms with Crippen LogP contribution in [0.5, 0.6) is 0 Å². The Morgan fingerprint density at radius 1 is 1.09 bits per heavy atom. The van der Waals surface area contributed by atoms with E-state index in [0.717, 1.165) is 35.6 Å². The molecule has 1 heterocycles. The molecule has 0 radical (unpaired) electrons. The number of rotatable bonds is 7. The molecule has 0 spiro atoms. The van der Waals surface area contributed by atoms with Crippen molar-refractivity contribution in [2.24, 2.45) is 0 Å². The molecule has 1 aliphatic rings. The number of anilines is 1. The number of esters is 1. The molecule has 0 saturated heterocycles. The van der Waals surface area contributed by atoms with Crippen molar-refractivity contribution >= 4 is 17.9 Å². The van der Waals surface area contributed by atoms with E-state index in [4.69, 9.17) is 10.5 Å². The Morgan fingerprint density at radius 2 is 1.71 bits per heavy atom. The average Bonchev–Trinajstić information content (AvgIpc) is 3.19. The van der Waals surface area contributed by atoms with Crippen molar-refractivity contribution in [2.75, 3.05) is 26.0 Å². The molecule has 1 aliphatic carbocycles. The van der Waals surface area contributed by atoms with Crippen LogP contribution in [0.4, 0.5) is 10.6 Å². The first kappa shape index (κ1) is 23.1. The van der Waals surface area contributed by atoms with Crippen molar-refractivity contribution in [2.45, 2.75) is 18.1 Å². The number of nitrogen functional groups attached to an aromatic ring is 1. The number of benzene rings is 2. The van der Waals surface area contributed by atoms with Crippen LogP contribution in [0.3, 0.4) is 0 Å². The van der Waals surface area contributed by atoms with Gasteiger partial charge in [0.1, 0.15) is 18.8 Å². The summed E-state index contributed by atoms with van der Waals surface area (Å²) in [7, 11) is 1.15. The number of nitrogens with one attached hydrogen (secondary N) is 1. The molecule has 5 N–H and O–H groups in total. The maximum atomic E-state index is 12.3. The molecular formula is C24H24N4O6. The Labute approximate surface area is 195 Å². The van der Waals surface area contributed by atoms with Gasteiger partial charge >= 0.3 is 12.1 Å². The van der Waals surface area contributed by atoms with Gasteiger partial charge in [-0.25, -0.2) is 19.6 Å². The van der Waals surface area contributed by atoms with Gasteiger partial charge in [0.05, 0.1) is 19.0 Å². The number of fused-ring (bicyclic) bond motifs is 3. The number of carbonyl (C=O) groups excluding carboxylic acids is 2. The topological polar surface area (TPSA) is 157 Å². The molecule has 2 aromatic carbocycles. The smallest absolute Gasteiger partial charge is 0.407 e. The summed E-state index contributed by atoms with van der Waals surface area (Å²) in [6.07, 6.45) is -2.59. The molecule has 3 aromatic rings. The minimum absolute atomic E-state index is 0.101. The maximum Gasteiger partial charge on any atom is 0.407 e. The SMILES string of the molecule is COC(=O)c1nc(C(O)C(O)CNC(=O)OCC2c3ccccc3-c3ccccc32)cnc1N. The van der Waals surface area contributed by atoms with Gasteiger partial charge in [-0.2, -0.15) is 0 Å². The molecule has 0 bridgehead atoms. The molecule has 1 aromatic heterocycles. The molecule has 176 valence electrons. The van der Waals surface area contributed by atoms with Gasteiger partial charge in [0.2, 0.25) is 0 Å². The van der Waals surface area contributed by atoms with Gasteiger partial charge in [0.15, 0.2) is 11.5 Å². The zero-order valence-corrected chi connectivity index (χ0v) is 18.3. The number of ether oxygens (including phenoxy) is 2. The lowest BCUT2D eigenvalue weighted by Crippen LogP contribution is -2.36. The molecule has 0 saturated carbocycles. The third-order valence-corrected chi connectivity index (χ3v) is 5.66. The highest BCUT2D eigenvalue weighted by Gasteiger charge is 2.29. The lowest BCUT2D eigenvalue weighted by Gasteiger charge is -2.19. The molecule has 34 heavy (non-hydrogen) atoms. The summed E-state index contributed by atoms with van der Waals surface area (Å²) < 4.78 is 9.97. The molecule has 2 atom stereocenters. The van der Waals surface area contributed by atoms with E-state index < -0.39 is 24.3 Å². The number of methoxy groups -OCH3 is 1. The Balaban J connectivity index is 1.35. The van der Waals surface area contributed by atoms with Crippen LogP contribution in [0.15, 0.2) is 54.7 Å². The molecule has 10 heteroatoms. The van der Waals surface area contributed by atoms with E-state index in [1.165, 1.54) is 0 Å². The summed E-state index contributed by atoms with van der Waals surface area (Å²) in [6.45, 7) is -0.206. The van der Waals surface area contributed by atoms with Gasteiger partial charge in [-0.15, -0.1) is 0 Å². The number of aromatic nitrogens is 2. The van der Waals surface area contributed by atoms with Gasteiger partial charge in [0.25, 0.3) is 0 Å². The van der Waals surface area contributed by atoms with Gasteiger partial charge < -0.3 is 30.7 Å². The molecule has 1 amide bonds. The van der Waals surface area contributed by atoms with E-state index in [1.54, 1.807) is 0 Å². The van der Waals surface area contributed by atoms with Crippen LogP contribution in [0.2, 0.25) is 0 Å². The van der Waals surface area contributed by atoms with Crippen molar-refractivity contribution in [3.8, 4) is 11.1 Å². The van der Waals surface area contributed by atoms with E-state index in [2.05, 4.69) is 20.0 Å². The normalized spacial score (nSPS) is 14.0. The summed E-state index contributed by atoms with van der Waals surface area (Å²) >= 11 is 0. The van der Waals surface area contributed by atoms with Gasteiger partial charge in [-0.05, 0) is 22.3 Å². The van der Waals surface area contributed by atoms with Crippen LogP contribution in [-0.4, -0.2) is 58.6 Å². The third kappa shape index (κ3) is 4.54. The Kier molecular flexibility index (Phi) is 6.71. The second-order valence-corrected chi connectivity index (χ2v) is 7.74. The zero-order chi connectivity index (χ0) is 24.2. The molecule has 4 rings (SSSR count). The average molecular weight is 464 g/mol. The summed E-state index contributed by atoms with van der Waals surface area (Å²) in [4.78, 5) is 31.7. The first-order chi connectivity index (χ1) is 16.4. The highest BCUT2D eigenvalue weighted by Crippen LogP contribution is 2.44. The third-order valence-electron chi connectivity index (χ3n) is 5.66. The number of nitrogens with zero attached hydrogens (tertiary/aromatic N) is 2. The lowest BCUT2D eigenvalue weighted by molar-refractivity contribution is 0.0156. The number of nitrogens with two attached hydrogens (primary N) is 1. The van der Waals surface area contributed by atoms with Crippen LogP contribution < -0.4 is 11.1 Å². The Bertz CT molecular complexity index is 1170. The molecule has 2 unspecified atom stereocenters. The largest absolute Gasteiger partial charge is 0.464 e. The van der Waals surface area contributed by atoms with Crippen LogP contribution in [0.25, 0.3) is 11.1 Å². The predicted molar refractivity (Wildman–Crippen MR) is 122 cm³/mol. The highest BCUT2D eigenvalue weighted by atomic mass is 16.5. The Morgan fingerprint density at radius 3 is 2.32 bits per heavy atom. The molecule has 0 aliphatic heterocycles. The summed E-state index contributed by atoms with van der Waals surface area (Å²) in [5.41, 5.74) is 9.59. The first-order valence-electron chi connectivity index (χ1n) is 10.6. The van der Waals surface area contributed by atoms with Crippen LogP contribution in [0.1, 0.15) is 39.3 Å². The van der Waals surface area contributed by atoms with Crippen molar-refractivity contribution in [1.29, 1.82) is 0 Å². The summed E-state index contributed by atoms with van der Waals surface area (Å²) in [5, 5.41) is 23.1. The lowest BCUT2D eigenvalue weighted by atomic mass is 9.98. The summed E-state index contributed by atoms with van der Waals surface area (Å²) in [6, 6.07) is 15.9. The second-order valence-electron chi connectivity index (χ2n) is 7.74. The number of aliphatic hydroxyl groups is 2. The zero-order valence-electron chi connectivity index (χ0n) is 18.3. The number of hydrogen-bond donors (Lipinski definition) is 4. The van der Waals surface area contributed by atoms with Crippen molar-refractivity contribution in [3.05, 3.63) is 77.2 Å². The quantitative estimate of drug-likeness (QED) is 0.383. The van der Waals surface area contributed by atoms with Crippen molar-refractivity contribution in [3.63, 3.8) is 0 Å². The summed E-state index contributed by atoms with van der Waals surface area (Å²) in [5.74, 6) is -1.10. The fraction of sp³-hybridized carbons (Fsp3) is 0.250. The molecule has 0 fully saturated rings. The van der Waals surface area contributed by atoms with Gasteiger partial charge in [-0.3, -0.25) is 0 Å². The van der Waals surface area contributed by atoms with Gasteiger partial charge in [-0.1, -0.05) is 48.5 Å². The van der Waals surface area contributed by atoms with Crippen LogP contribution in [-0.2, 0) is 9.47 Å². The van der Waals surface area contributed by atoms with Crippen molar-refractivity contribution in [1.82, 2.24) is 15.3 Å². The monoisotopic (exact) mass is 464 g/mol. The van der Waals surface area contributed by atoms with Crippen molar-refractivity contribution < 1.29 is 29.3 Å². The van der Waals surface area contributed by atoms with E-state index in [-0.39, 0.29) is 36.3 Å². The van der Waals surface area contributed by atoms with E-state index in [0.29, 0.717) is 0 Å². The van der Waals surface area contributed by atoms with Gasteiger partial charge in [0, 0.05) is 12.5 Å². The highest BCUT2D eigenvalue weighted by molar-refractivity contribution is 5.91. The molecular weight excluding hydrogens is 440 g/mol. The second kappa shape index (κ2) is 9.86. The van der Waals surface area contributed by atoms with E-state index in [1.807, 2.05) is 48.5 Å². The fourth-order valence-electron chi connectivity index (χ4n) is 3.95. The first-order valence-corrected chi connectivity index (χ1v) is 10.6. The van der Waals surface area contributed by atoms with E-state index in [9.17, 15) is 19.8 Å². The minimum atomic E-state index is -1.54. The standard InChI is InChI=1S/C24H24N4O6/c1-33-23(31)20-22(25)26-10-18(28-20)21(30)19(29)11-27-24(32)34-12-17-15-8-4-2-6-13(15)14-7-3-5-9-16(14)17/h2-10,17,19,21,29-30H,11-12H2,1H3,(H2,25,26)(H,27,32). The number of aliphatic hydroxyl groups excluding tert-OH is 2. The maximum absolute atomic E-state index is 12.3. The van der Waals surface area contributed by atoms with Crippen LogP contribution in [0, 0.1) is 0 Å². The number of hydrogen-bond acceptors (Lipinski definition) is 9. The number of amides is 1. The fourth-order valence-corrected chi connectivity index (χ4v) is 3.95. The number of alkyl carbamates (subject to hydrolysis) is 1. The minimum Gasteiger partial charge on any atom is -0.464 e.